The molecule has 1 saturated carbocycles. The second-order valence-corrected chi connectivity index (χ2v) is 7.03. The van der Waals surface area contributed by atoms with E-state index in [4.69, 9.17) is 9.15 Å². The summed E-state index contributed by atoms with van der Waals surface area (Å²) in [6.45, 7) is 0. The number of ether oxygens (including phenoxy) is 1. The summed E-state index contributed by atoms with van der Waals surface area (Å²) in [7, 11) is 4.96. The van der Waals surface area contributed by atoms with E-state index in [2.05, 4.69) is 26.4 Å². The van der Waals surface area contributed by atoms with Gasteiger partial charge in [-0.05, 0) is 18.9 Å². The molecule has 30 heavy (non-hydrogen) atoms. The summed E-state index contributed by atoms with van der Waals surface area (Å²) in [6, 6.07) is 5.30. The zero-order valence-electron chi connectivity index (χ0n) is 17.0. The van der Waals surface area contributed by atoms with Gasteiger partial charge in [-0.1, -0.05) is 0 Å². The minimum atomic E-state index is -0.338. The predicted molar refractivity (Wildman–Crippen MR) is 111 cm³/mol. The number of aromatic nitrogens is 2. The number of methoxy groups -OCH3 is 1. The van der Waals surface area contributed by atoms with Crippen molar-refractivity contribution in [3.63, 3.8) is 0 Å². The summed E-state index contributed by atoms with van der Waals surface area (Å²) in [5.74, 6) is 0.309. The van der Waals surface area contributed by atoms with Crippen LogP contribution < -0.4 is 21.3 Å². The molecule has 3 aromatic rings. The van der Waals surface area contributed by atoms with Crippen LogP contribution in [0.4, 0.5) is 17.2 Å². The van der Waals surface area contributed by atoms with Crippen LogP contribution in [-0.2, 0) is 4.74 Å². The molecule has 3 aromatic heterocycles. The number of nitrogens with zero attached hydrogens (tertiary/aromatic N) is 2. The van der Waals surface area contributed by atoms with E-state index >= 15 is 0 Å². The Hall–Kier alpha value is -3.53. The van der Waals surface area contributed by atoms with Crippen molar-refractivity contribution in [1.29, 1.82) is 0 Å². The quantitative estimate of drug-likeness (QED) is 0.468. The fourth-order valence-corrected chi connectivity index (χ4v) is 3.53. The number of fused-ring (bicyclic) bond motifs is 1. The highest BCUT2D eigenvalue weighted by molar-refractivity contribution is 6.02. The molecule has 2 atom stereocenters. The SMILES string of the molecule is CNC(=O)c1occc1Nc1cc(NC)n2ncc(C(=O)NC3CC[C@@H]3OC)c2c1. The Kier molecular flexibility index (Phi) is 5.32. The summed E-state index contributed by atoms with van der Waals surface area (Å²) in [4.78, 5) is 24.8. The van der Waals surface area contributed by atoms with E-state index in [1.165, 1.54) is 13.3 Å². The third-order valence-electron chi connectivity index (χ3n) is 5.33. The number of carbonyl (C=O) groups excluding carboxylic acids is 2. The van der Waals surface area contributed by atoms with Crippen LogP contribution in [-0.4, -0.2) is 54.8 Å². The Morgan fingerprint density at radius 3 is 2.73 bits per heavy atom. The van der Waals surface area contributed by atoms with Gasteiger partial charge in [0.15, 0.2) is 0 Å². The van der Waals surface area contributed by atoms with Crippen molar-refractivity contribution >= 4 is 34.5 Å². The maximum Gasteiger partial charge on any atom is 0.288 e. The number of anilines is 3. The Labute approximate surface area is 173 Å². The zero-order valence-corrected chi connectivity index (χ0v) is 17.0. The predicted octanol–water partition coefficient (Wildman–Crippen LogP) is 1.98. The third-order valence-corrected chi connectivity index (χ3v) is 5.33. The lowest BCUT2D eigenvalue weighted by molar-refractivity contribution is 0.00732. The number of hydrogen-bond donors (Lipinski definition) is 4. The van der Waals surface area contributed by atoms with Crippen LogP contribution in [0.25, 0.3) is 5.52 Å². The van der Waals surface area contributed by atoms with Crippen LogP contribution in [0.1, 0.15) is 33.8 Å². The van der Waals surface area contributed by atoms with Gasteiger partial charge < -0.3 is 30.4 Å². The largest absolute Gasteiger partial charge is 0.457 e. The van der Waals surface area contributed by atoms with Gasteiger partial charge in [-0.2, -0.15) is 5.10 Å². The first kappa shape index (κ1) is 19.8. The van der Waals surface area contributed by atoms with Gasteiger partial charge in [0.2, 0.25) is 5.76 Å². The molecule has 4 rings (SSSR count). The average Bonchev–Trinajstić information content (AvgIpc) is 3.37. The molecular weight excluding hydrogens is 388 g/mol. The molecule has 10 heteroatoms. The van der Waals surface area contributed by atoms with E-state index in [9.17, 15) is 9.59 Å². The molecule has 10 nitrogen and oxygen atoms in total. The lowest BCUT2D eigenvalue weighted by atomic mass is 9.89. The topological polar surface area (TPSA) is 122 Å². The molecule has 0 spiro atoms. The van der Waals surface area contributed by atoms with Crippen molar-refractivity contribution < 1.29 is 18.7 Å². The van der Waals surface area contributed by atoms with Crippen molar-refractivity contribution in [3.05, 3.63) is 42.0 Å². The Morgan fingerprint density at radius 1 is 1.23 bits per heavy atom. The molecule has 158 valence electrons. The molecule has 4 N–H and O–H groups in total. The van der Waals surface area contributed by atoms with E-state index in [0.29, 0.717) is 28.3 Å². The molecule has 3 heterocycles. The number of nitrogens with one attached hydrogen (secondary N) is 4. The molecule has 0 aromatic carbocycles. The van der Waals surface area contributed by atoms with Crippen LogP contribution in [0.5, 0.6) is 0 Å². The zero-order chi connectivity index (χ0) is 21.3. The normalized spacial score (nSPS) is 18.0. The number of furan rings is 1. The number of carbonyl (C=O) groups is 2. The second kappa shape index (κ2) is 8.07. The third kappa shape index (κ3) is 3.45. The standard InChI is InChI=1S/C20H24N6O4/c1-21-17-9-11(24-14-6-7-30-18(14)20(28)22-2)8-15-12(10-23-26(15)17)19(27)25-13-4-5-16(13)29-3/h6-10,13,16,21,24H,4-5H2,1-3H3,(H,22,28)(H,25,27)/t13?,16-/m0/s1. The summed E-state index contributed by atoms with van der Waals surface area (Å²) < 4.78 is 12.3. The monoisotopic (exact) mass is 412 g/mol. The molecule has 0 bridgehead atoms. The van der Waals surface area contributed by atoms with Gasteiger partial charge in [0.1, 0.15) is 5.82 Å². The summed E-state index contributed by atoms with van der Waals surface area (Å²) in [5, 5.41) is 16.2. The highest BCUT2D eigenvalue weighted by Crippen LogP contribution is 2.28. The van der Waals surface area contributed by atoms with Gasteiger partial charge >= 0.3 is 0 Å². The first-order chi connectivity index (χ1) is 14.5. The highest BCUT2D eigenvalue weighted by atomic mass is 16.5. The van der Waals surface area contributed by atoms with Crippen LogP contribution in [0, 0.1) is 0 Å². The smallest absolute Gasteiger partial charge is 0.288 e. The van der Waals surface area contributed by atoms with E-state index in [0.717, 1.165) is 12.8 Å². The maximum absolute atomic E-state index is 12.9. The molecule has 2 amide bonds. The number of rotatable bonds is 7. The van der Waals surface area contributed by atoms with Gasteiger partial charge in [-0.3, -0.25) is 9.59 Å². The van der Waals surface area contributed by atoms with Gasteiger partial charge in [0.25, 0.3) is 11.8 Å². The first-order valence-electron chi connectivity index (χ1n) is 9.65. The van der Waals surface area contributed by atoms with E-state index in [-0.39, 0.29) is 29.7 Å². The molecule has 0 radical (unpaired) electrons. The highest BCUT2D eigenvalue weighted by Gasteiger charge is 2.32. The Morgan fingerprint density at radius 2 is 2.07 bits per heavy atom. The van der Waals surface area contributed by atoms with Crippen LogP contribution in [0.15, 0.2) is 35.1 Å². The van der Waals surface area contributed by atoms with Crippen molar-refractivity contribution in [2.75, 3.05) is 31.8 Å². The van der Waals surface area contributed by atoms with Gasteiger partial charge in [0.05, 0.1) is 41.4 Å². The average molecular weight is 412 g/mol. The molecule has 0 aliphatic heterocycles. The van der Waals surface area contributed by atoms with Crippen molar-refractivity contribution in [2.24, 2.45) is 0 Å². The Balaban J connectivity index is 1.66. The number of pyridine rings is 1. The minimum absolute atomic E-state index is 0.00331. The van der Waals surface area contributed by atoms with Crippen LogP contribution in [0.3, 0.4) is 0 Å². The van der Waals surface area contributed by atoms with Gasteiger partial charge in [0, 0.05) is 39.0 Å². The second-order valence-electron chi connectivity index (χ2n) is 7.03. The Bertz CT molecular complexity index is 1090. The summed E-state index contributed by atoms with van der Waals surface area (Å²) >= 11 is 0. The van der Waals surface area contributed by atoms with Gasteiger partial charge in [-0.15, -0.1) is 0 Å². The molecule has 1 unspecified atom stereocenters. The lowest BCUT2D eigenvalue weighted by Gasteiger charge is -2.35. The van der Waals surface area contributed by atoms with Crippen molar-refractivity contribution in [3.8, 4) is 0 Å². The van der Waals surface area contributed by atoms with Crippen LogP contribution in [0.2, 0.25) is 0 Å². The molecule has 0 saturated heterocycles. The van der Waals surface area contributed by atoms with E-state index in [1.54, 1.807) is 37.0 Å². The molecule has 1 fully saturated rings. The maximum atomic E-state index is 12.9. The van der Waals surface area contributed by atoms with Gasteiger partial charge in [-0.25, -0.2) is 4.52 Å². The van der Waals surface area contributed by atoms with E-state index < -0.39 is 0 Å². The molecule has 1 aliphatic rings. The van der Waals surface area contributed by atoms with Crippen molar-refractivity contribution in [2.45, 2.75) is 25.0 Å². The lowest BCUT2D eigenvalue weighted by Crippen LogP contribution is -2.51. The fraction of sp³-hybridized carbons (Fsp3) is 0.350. The number of amides is 2. The minimum Gasteiger partial charge on any atom is -0.457 e. The molecular formula is C20H24N6O4. The number of hydrogen-bond acceptors (Lipinski definition) is 7. The van der Waals surface area contributed by atoms with Crippen LogP contribution >= 0.6 is 0 Å². The summed E-state index contributed by atoms with van der Waals surface area (Å²) in [6.07, 6.45) is 4.86. The molecule has 1 aliphatic carbocycles. The van der Waals surface area contributed by atoms with E-state index in [1.807, 2.05) is 6.07 Å². The van der Waals surface area contributed by atoms with Crippen molar-refractivity contribution in [1.82, 2.24) is 20.2 Å². The first-order valence-corrected chi connectivity index (χ1v) is 9.65. The summed E-state index contributed by atoms with van der Waals surface area (Å²) in [5.41, 5.74) is 2.27. The fourth-order valence-electron chi connectivity index (χ4n) is 3.53.